The van der Waals surface area contributed by atoms with Crippen molar-refractivity contribution in [1.29, 1.82) is 0 Å². The standard InChI is InChI=1S/C17H24N2O6S/c1-2-25-17(22)14-8-10-19(11-9-14)26(23,24)18-15(16(20)21)12-13-6-4-3-5-7-13/h3-7,14-15,18H,2,8-12H2,1H3,(H,20,21)/t15-/m1/s1. The highest BCUT2D eigenvalue weighted by Crippen LogP contribution is 2.20. The van der Waals surface area contributed by atoms with E-state index < -0.39 is 22.2 Å². The number of ether oxygens (including phenoxy) is 1. The molecule has 1 aromatic carbocycles. The molecule has 0 unspecified atom stereocenters. The third-order valence-electron chi connectivity index (χ3n) is 4.29. The second-order valence-corrected chi connectivity index (χ2v) is 7.83. The van der Waals surface area contributed by atoms with Gasteiger partial charge in [-0.05, 0) is 31.7 Å². The summed E-state index contributed by atoms with van der Waals surface area (Å²) in [4.78, 5) is 23.2. The summed E-state index contributed by atoms with van der Waals surface area (Å²) in [6, 6.07) is 7.57. The van der Waals surface area contributed by atoms with Gasteiger partial charge in [0.05, 0.1) is 12.5 Å². The summed E-state index contributed by atoms with van der Waals surface area (Å²) < 4.78 is 33.5. The van der Waals surface area contributed by atoms with Gasteiger partial charge in [-0.3, -0.25) is 9.59 Å². The molecule has 1 fully saturated rings. The van der Waals surface area contributed by atoms with Gasteiger partial charge in [-0.15, -0.1) is 0 Å². The normalized spacial score (nSPS) is 17.6. The Labute approximate surface area is 153 Å². The molecule has 0 aromatic heterocycles. The molecule has 2 rings (SSSR count). The van der Waals surface area contributed by atoms with Gasteiger partial charge in [0, 0.05) is 13.1 Å². The summed E-state index contributed by atoms with van der Waals surface area (Å²) in [5.74, 6) is -1.87. The van der Waals surface area contributed by atoms with E-state index in [-0.39, 0.29) is 31.4 Å². The highest BCUT2D eigenvalue weighted by Gasteiger charge is 2.34. The largest absolute Gasteiger partial charge is 0.480 e. The van der Waals surface area contributed by atoms with Gasteiger partial charge >= 0.3 is 11.9 Å². The highest BCUT2D eigenvalue weighted by atomic mass is 32.2. The third kappa shape index (κ3) is 5.52. The molecule has 0 bridgehead atoms. The predicted molar refractivity (Wildman–Crippen MR) is 94.6 cm³/mol. The minimum Gasteiger partial charge on any atom is -0.480 e. The van der Waals surface area contributed by atoms with Crippen LogP contribution in [0.4, 0.5) is 0 Å². The van der Waals surface area contributed by atoms with Gasteiger partial charge in [0.2, 0.25) is 0 Å². The lowest BCUT2D eigenvalue weighted by atomic mass is 9.98. The molecule has 0 radical (unpaired) electrons. The Hall–Kier alpha value is -1.97. The van der Waals surface area contributed by atoms with Crippen LogP contribution in [0.25, 0.3) is 0 Å². The van der Waals surface area contributed by atoms with Crippen molar-refractivity contribution in [2.24, 2.45) is 5.92 Å². The molecule has 0 spiro atoms. The first kappa shape index (κ1) is 20.3. The monoisotopic (exact) mass is 384 g/mol. The van der Waals surface area contributed by atoms with E-state index in [0.29, 0.717) is 19.4 Å². The number of carboxylic acids is 1. The van der Waals surface area contributed by atoms with Crippen LogP contribution in [0.1, 0.15) is 25.3 Å². The number of aliphatic carboxylic acids is 1. The van der Waals surface area contributed by atoms with Crippen LogP contribution in [-0.2, 0) is 31.0 Å². The van der Waals surface area contributed by atoms with E-state index in [1.165, 1.54) is 4.31 Å². The number of carbonyl (C=O) groups excluding carboxylic acids is 1. The van der Waals surface area contributed by atoms with E-state index in [2.05, 4.69) is 4.72 Å². The summed E-state index contributed by atoms with van der Waals surface area (Å²) in [5.41, 5.74) is 0.726. The average Bonchev–Trinajstić information content (AvgIpc) is 2.62. The molecule has 1 aliphatic rings. The van der Waals surface area contributed by atoms with Gasteiger partial charge in [0.1, 0.15) is 6.04 Å². The van der Waals surface area contributed by atoms with E-state index in [1.54, 1.807) is 37.3 Å². The lowest BCUT2D eigenvalue weighted by molar-refractivity contribution is -0.149. The zero-order chi connectivity index (χ0) is 19.2. The second-order valence-electron chi connectivity index (χ2n) is 6.13. The van der Waals surface area contributed by atoms with Gasteiger partial charge in [-0.1, -0.05) is 30.3 Å². The van der Waals surface area contributed by atoms with E-state index in [4.69, 9.17) is 4.74 Å². The van der Waals surface area contributed by atoms with Crippen molar-refractivity contribution in [3.05, 3.63) is 35.9 Å². The molecular weight excluding hydrogens is 360 g/mol. The molecule has 1 aliphatic heterocycles. The van der Waals surface area contributed by atoms with Gasteiger partial charge in [-0.2, -0.15) is 17.4 Å². The third-order valence-corrected chi connectivity index (χ3v) is 5.91. The van der Waals surface area contributed by atoms with Gasteiger partial charge < -0.3 is 9.84 Å². The van der Waals surface area contributed by atoms with Crippen LogP contribution in [0.15, 0.2) is 30.3 Å². The van der Waals surface area contributed by atoms with Crippen LogP contribution in [0.5, 0.6) is 0 Å². The van der Waals surface area contributed by atoms with E-state index >= 15 is 0 Å². The molecule has 1 atom stereocenters. The van der Waals surface area contributed by atoms with Crippen LogP contribution < -0.4 is 4.72 Å². The van der Waals surface area contributed by atoms with Crippen molar-refractivity contribution < 1.29 is 27.9 Å². The summed E-state index contributed by atoms with van der Waals surface area (Å²) >= 11 is 0. The Morgan fingerprint density at radius 1 is 1.27 bits per heavy atom. The topological polar surface area (TPSA) is 113 Å². The molecule has 8 nitrogen and oxygen atoms in total. The first-order valence-corrected chi connectivity index (χ1v) is 9.98. The van der Waals surface area contributed by atoms with E-state index in [1.807, 2.05) is 0 Å². The first-order chi connectivity index (χ1) is 12.3. The Morgan fingerprint density at radius 2 is 1.88 bits per heavy atom. The number of nitrogens with zero attached hydrogens (tertiary/aromatic N) is 1. The van der Waals surface area contributed by atoms with Crippen LogP contribution in [0, 0.1) is 5.92 Å². The maximum atomic E-state index is 12.5. The number of hydrogen-bond acceptors (Lipinski definition) is 5. The quantitative estimate of drug-likeness (QED) is 0.641. The fourth-order valence-corrected chi connectivity index (χ4v) is 4.26. The number of esters is 1. The zero-order valence-corrected chi connectivity index (χ0v) is 15.4. The average molecular weight is 384 g/mol. The number of rotatable bonds is 8. The summed E-state index contributed by atoms with van der Waals surface area (Å²) in [6.45, 7) is 2.31. The molecule has 0 saturated carbocycles. The molecule has 1 saturated heterocycles. The van der Waals surface area contributed by atoms with Gasteiger partial charge in [0.25, 0.3) is 10.2 Å². The van der Waals surface area contributed by atoms with E-state index in [0.717, 1.165) is 5.56 Å². The van der Waals surface area contributed by atoms with Crippen LogP contribution >= 0.6 is 0 Å². The highest BCUT2D eigenvalue weighted by molar-refractivity contribution is 7.87. The van der Waals surface area contributed by atoms with Crippen molar-refractivity contribution in [3.63, 3.8) is 0 Å². The van der Waals surface area contributed by atoms with E-state index in [9.17, 15) is 23.1 Å². The van der Waals surface area contributed by atoms with Crippen molar-refractivity contribution in [1.82, 2.24) is 9.03 Å². The maximum Gasteiger partial charge on any atom is 0.322 e. The number of carbonyl (C=O) groups is 2. The summed E-state index contributed by atoms with van der Waals surface area (Å²) in [5, 5.41) is 9.36. The van der Waals surface area contributed by atoms with Crippen LogP contribution in [0.3, 0.4) is 0 Å². The van der Waals surface area contributed by atoms with Crippen molar-refractivity contribution in [2.45, 2.75) is 32.2 Å². The Kier molecular flexibility index (Phi) is 7.13. The minimum atomic E-state index is -3.96. The fraction of sp³-hybridized carbons (Fsp3) is 0.529. The molecular formula is C17H24N2O6S. The SMILES string of the molecule is CCOC(=O)C1CCN(S(=O)(=O)N[C@H](Cc2ccccc2)C(=O)O)CC1. The number of benzene rings is 1. The van der Waals surface area contributed by atoms with Gasteiger partial charge in [0.15, 0.2) is 0 Å². The summed E-state index contributed by atoms with van der Waals surface area (Å²) in [6.07, 6.45) is 0.765. The Balaban J connectivity index is 1.98. The Bertz CT molecular complexity index is 714. The minimum absolute atomic E-state index is 0.0503. The molecule has 1 aromatic rings. The predicted octanol–water partition coefficient (Wildman–Crippen LogP) is 0.792. The summed E-state index contributed by atoms with van der Waals surface area (Å²) in [7, 11) is -3.96. The van der Waals surface area contributed by atoms with Gasteiger partial charge in [-0.25, -0.2) is 0 Å². The maximum absolute atomic E-state index is 12.5. The van der Waals surface area contributed by atoms with Crippen molar-refractivity contribution in [2.75, 3.05) is 19.7 Å². The lowest BCUT2D eigenvalue weighted by Gasteiger charge is -2.31. The smallest absolute Gasteiger partial charge is 0.322 e. The van der Waals surface area contributed by atoms with Crippen molar-refractivity contribution >= 4 is 22.1 Å². The lowest BCUT2D eigenvalue weighted by Crippen LogP contribution is -2.51. The van der Waals surface area contributed by atoms with Crippen LogP contribution in [-0.4, -0.2) is 55.5 Å². The Morgan fingerprint density at radius 3 is 2.42 bits per heavy atom. The molecule has 0 aliphatic carbocycles. The molecule has 1 heterocycles. The zero-order valence-electron chi connectivity index (χ0n) is 14.6. The second kappa shape index (κ2) is 9.11. The molecule has 144 valence electrons. The fourth-order valence-electron chi connectivity index (χ4n) is 2.88. The molecule has 0 amide bonds. The van der Waals surface area contributed by atoms with Crippen LogP contribution in [0.2, 0.25) is 0 Å². The first-order valence-electron chi connectivity index (χ1n) is 8.54. The number of piperidine rings is 1. The molecule has 2 N–H and O–H groups in total. The molecule has 9 heteroatoms. The number of hydrogen-bond donors (Lipinski definition) is 2. The number of carboxylic acid groups (broad SMARTS) is 1. The molecule has 26 heavy (non-hydrogen) atoms. The van der Waals surface area contributed by atoms with Crippen molar-refractivity contribution in [3.8, 4) is 0 Å². The number of nitrogens with one attached hydrogen (secondary N) is 1.